The smallest absolute Gasteiger partial charge is 0.287 e. The summed E-state index contributed by atoms with van der Waals surface area (Å²) in [7, 11) is 0. The zero-order valence-electron chi connectivity index (χ0n) is 10.2. The summed E-state index contributed by atoms with van der Waals surface area (Å²) in [5.41, 5.74) is 6.15. The summed E-state index contributed by atoms with van der Waals surface area (Å²) in [5, 5.41) is 2.64. The van der Waals surface area contributed by atoms with E-state index in [4.69, 9.17) is 34.0 Å². The van der Waals surface area contributed by atoms with Crippen molar-refractivity contribution in [1.29, 1.82) is 0 Å². The van der Waals surface area contributed by atoms with Gasteiger partial charge >= 0.3 is 0 Å². The first-order valence-electron chi connectivity index (χ1n) is 5.59. The predicted molar refractivity (Wildman–Crippen MR) is 77.2 cm³/mol. The molecule has 1 amide bonds. The van der Waals surface area contributed by atoms with Gasteiger partial charge in [-0.1, -0.05) is 24.4 Å². The van der Waals surface area contributed by atoms with Crippen LogP contribution in [0.15, 0.2) is 34.7 Å². The van der Waals surface area contributed by atoms with E-state index in [1.807, 2.05) is 0 Å². The van der Waals surface area contributed by atoms with Crippen LogP contribution < -0.4 is 11.1 Å². The zero-order valence-corrected chi connectivity index (χ0v) is 11.7. The van der Waals surface area contributed by atoms with Crippen LogP contribution in [0.4, 0.5) is 4.39 Å². The summed E-state index contributed by atoms with van der Waals surface area (Å²) in [5.74, 6) is -0.905. The Balaban J connectivity index is 2.04. The molecule has 2 rings (SSSR count). The van der Waals surface area contributed by atoms with Crippen LogP contribution in [0.2, 0.25) is 5.22 Å². The highest BCUT2D eigenvalue weighted by Gasteiger charge is 2.11. The highest BCUT2D eigenvalue weighted by atomic mass is 35.5. The van der Waals surface area contributed by atoms with E-state index in [1.54, 1.807) is 6.07 Å². The number of furan rings is 1. The molecule has 0 radical (unpaired) electrons. The first-order chi connectivity index (χ1) is 9.47. The lowest BCUT2D eigenvalue weighted by molar-refractivity contribution is 0.0923. The van der Waals surface area contributed by atoms with Crippen molar-refractivity contribution >= 4 is 34.7 Å². The van der Waals surface area contributed by atoms with E-state index in [1.165, 1.54) is 24.3 Å². The Kier molecular flexibility index (Phi) is 4.36. The second kappa shape index (κ2) is 6.02. The number of carbonyl (C=O) groups excluding carboxylic acids is 1. The van der Waals surface area contributed by atoms with Crippen LogP contribution in [0, 0.1) is 5.82 Å². The van der Waals surface area contributed by atoms with Crippen molar-refractivity contribution in [1.82, 2.24) is 5.32 Å². The average molecular weight is 313 g/mol. The quantitative estimate of drug-likeness (QED) is 0.852. The number of amides is 1. The SMILES string of the molecule is NC(=S)c1ccc(CNC(=O)c2ccc(Cl)o2)c(F)c1. The van der Waals surface area contributed by atoms with E-state index in [9.17, 15) is 9.18 Å². The van der Waals surface area contributed by atoms with Crippen molar-refractivity contribution in [2.24, 2.45) is 5.73 Å². The molecule has 20 heavy (non-hydrogen) atoms. The molecule has 0 unspecified atom stereocenters. The maximum Gasteiger partial charge on any atom is 0.287 e. The van der Waals surface area contributed by atoms with Crippen molar-refractivity contribution < 1.29 is 13.6 Å². The number of rotatable bonds is 4. The van der Waals surface area contributed by atoms with Crippen LogP contribution in [0.1, 0.15) is 21.7 Å². The van der Waals surface area contributed by atoms with Gasteiger partial charge in [0.25, 0.3) is 5.91 Å². The molecule has 7 heteroatoms. The molecule has 0 aliphatic heterocycles. The van der Waals surface area contributed by atoms with Gasteiger partial charge in [0.15, 0.2) is 11.0 Å². The van der Waals surface area contributed by atoms with Crippen molar-refractivity contribution in [3.8, 4) is 0 Å². The zero-order chi connectivity index (χ0) is 14.7. The molecule has 4 nitrogen and oxygen atoms in total. The predicted octanol–water partition coefficient (Wildman–Crippen LogP) is 2.64. The van der Waals surface area contributed by atoms with Crippen molar-refractivity contribution in [3.63, 3.8) is 0 Å². The van der Waals surface area contributed by atoms with E-state index in [0.29, 0.717) is 11.1 Å². The topological polar surface area (TPSA) is 68.3 Å². The molecule has 0 fully saturated rings. The van der Waals surface area contributed by atoms with Crippen molar-refractivity contribution in [2.75, 3.05) is 0 Å². The lowest BCUT2D eigenvalue weighted by atomic mass is 10.1. The van der Waals surface area contributed by atoms with Gasteiger partial charge in [-0.05, 0) is 29.8 Å². The number of hydrogen-bond donors (Lipinski definition) is 2. The molecule has 0 spiro atoms. The highest BCUT2D eigenvalue weighted by molar-refractivity contribution is 7.80. The minimum absolute atomic E-state index is 0.0145. The van der Waals surface area contributed by atoms with Gasteiger partial charge in [0, 0.05) is 17.7 Å². The molecular weight excluding hydrogens is 303 g/mol. The molecule has 1 heterocycles. The lowest BCUT2D eigenvalue weighted by Crippen LogP contribution is -2.23. The summed E-state index contributed by atoms with van der Waals surface area (Å²) < 4.78 is 18.7. The number of halogens is 2. The van der Waals surface area contributed by atoms with Gasteiger partial charge < -0.3 is 15.5 Å². The maximum atomic E-state index is 13.8. The fourth-order valence-electron chi connectivity index (χ4n) is 1.54. The fourth-order valence-corrected chi connectivity index (χ4v) is 1.82. The standard InChI is InChI=1S/C13H10ClFN2O2S/c14-11-4-3-10(19-11)13(18)17-6-8-2-1-7(12(16)20)5-9(8)15/h1-5H,6H2,(H2,16,20)(H,17,18). The van der Waals surface area contributed by atoms with Crippen LogP contribution in [-0.2, 0) is 6.54 Å². The molecule has 3 N–H and O–H groups in total. The lowest BCUT2D eigenvalue weighted by Gasteiger charge is -2.06. The molecule has 1 aromatic carbocycles. The number of hydrogen-bond acceptors (Lipinski definition) is 3. The fraction of sp³-hybridized carbons (Fsp3) is 0.0769. The van der Waals surface area contributed by atoms with Gasteiger partial charge in [-0.15, -0.1) is 0 Å². The Morgan fingerprint density at radius 2 is 2.15 bits per heavy atom. The van der Waals surface area contributed by atoms with Gasteiger partial charge in [-0.25, -0.2) is 4.39 Å². The maximum absolute atomic E-state index is 13.8. The molecule has 104 valence electrons. The molecule has 2 aromatic rings. The number of benzene rings is 1. The molecule has 0 atom stereocenters. The second-order valence-electron chi connectivity index (χ2n) is 3.96. The Hall–Kier alpha value is -1.92. The first-order valence-corrected chi connectivity index (χ1v) is 6.38. The molecule has 0 aliphatic rings. The third kappa shape index (κ3) is 3.34. The van der Waals surface area contributed by atoms with Crippen LogP contribution in [0.5, 0.6) is 0 Å². The molecule has 0 saturated carbocycles. The minimum Gasteiger partial charge on any atom is -0.440 e. The van der Waals surface area contributed by atoms with Gasteiger partial charge in [0.2, 0.25) is 0 Å². The second-order valence-corrected chi connectivity index (χ2v) is 4.77. The molecular formula is C13H10ClFN2O2S. The number of thiocarbonyl (C=S) groups is 1. The van der Waals surface area contributed by atoms with Crippen LogP contribution >= 0.6 is 23.8 Å². The van der Waals surface area contributed by atoms with E-state index in [-0.39, 0.29) is 22.5 Å². The molecule has 1 aromatic heterocycles. The van der Waals surface area contributed by atoms with Crippen molar-refractivity contribution in [2.45, 2.75) is 6.54 Å². The van der Waals surface area contributed by atoms with Crippen molar-refractivity contribution in [3.05, 3.63) is 58.3 Å². The third-order valence-electron chi connectivity index (χ3n) is 2.57. The summed E-state index contributed by atoms with van der Waals surface area (Å²) >= 11 is 10.3. The third-order valence-corrected chi connectivity index (χ3v) is 3.01. The monoisotopic (exact) mass is 312 g/mol. The van der Waals surface area contributed by atoms with Gasteiger partial charge in [0.05, 0.1) is 0 Å². The number of nitrogens with two attached hydrogens (primary N) is 1. The normalized spacial score (nSPS) is 10.3. The summed E-state index contributed by atoms with van der Waals surface area (Å²) in [4.78, 5) is 11.8. The minimum atomic E-state index is -0.493. The van der Waals surface area contributed by atoms with E-state index >= 15 is 0 Å². The highest BCUT2D eigenvalue weighted by Crippen LogP contribution is 2.14. The van der Waals surface area contributed by atoms with Crippen LogP contribution in [0.3, 0.4) is 0 Å². The van der Waals surface area contributed by atoms with Crippen LogP contribution in [0.25, 0.3) is 0 Å². The van der Waals surface area contributed by atoms with Crippen LogP contribution in [-0.4, -0.2) is 10.9 Å². The van der Waals surface area contributed by atoms with Gasteiger partial charge in [0.1, 0.15) is 10.8 Å². The Morgan fingerprint density at radius 3 is 2.70 bits per heavy atom. The summed E-state index contributed by atoms with van der Waals surface area (Å²) in [6.07, 6.45) is 0. The Bertz CT molecular complexity index is 672. The molecule has 0 aliphatic carbocycles. The van der Waals surface area contributed by atoms with E-state index in [0.717, 1.165) is 0 Å². The Labute approximate surface area is 124 Å². The van der Waals surface area contributed by atoms with E-state index in [2.05, 4.69) is 5.32 Å². The molecule has 0 bridgehead atoms. The Morgan fingerprint density at radius 1 is 1.40 bits per heavy atom. The first kappa shape index (κ1) is 14.5. The number of carbonyl (C=O) groups is 1. The van der Waals surface area contributed by atoms with E-state index < -0.39 is 11.7 Å². The molecule has 0 saturated heterocycles. The summed E-state index contributed by atoms with van der Waals surface area (Å²) in [6.45, 7) is 0.0145. The largest absolute Gasteiger partial charge is 0.440 e. The van der Waals surface area contributed by atoms with Gasteiger partial charge in [-0.3, -0.25) is 4.79 Å². The number of nitrogens with one attached hydrogen (secondary N) is 1. The summed E-state index contributed by atoms with van der Waals surface area (Å²) in [6, 6.07) is 7.22. The average Bonchev–Trinajstić information content (AvgIpc) is 2.83. The van der Waals surface area contributed by atoms with Gasteiger partial charge in [-0.2, -0.15) is 0 Å².